The van der Waals surface area contributed by atoms with Crippen LogP contribution in [0.15, 0.2) is 22.4 Å². The highest BCUT2D eigenvalue weighted by Gasteiger charge is 2.68. The molecule has 196 valence electrons. The lowest BCUT2D eigenvalue weighted by atomic mass is 9.62. The van der Waals surface area contributed by atoms with Gasteiger partial charge >= 0.3 is 5.97 Å². The number of ketones is 1. The first-order valence-electron chi connectivity index (χ1n) is 13.7. The molecule has 0 radical (unpaired) electrons. The minimum Gasteiger partial charge on any atom is -0.457 e. The van der Waals surface area contributed by atoms with Crippen LogP contribution in [-0.4, -0.2) is 50.1 Å². The van der Waals surface area contributed by atoms with Gasteiger partial charge in [0, 0.05) is 24.2 Å². The number of ether oxygens (including phenoxy) is 1. The van der Waals surface area contributed by atoms with Crippen LogP contribution in [-0.2, 0) is 18.8 Å². The van der Waals surface area contributed by atoms with Gasteiger partial charge in [-0.15, -0.1) is 0 Å². The highest BCUT2D eigenvalue weighted by Crippen LogP contribution is 2.62. The molecule has 1 N–H and O–H groups in total. The summed E-state index contributed by atoms with van der Waals surface area (Å²) in [6.07, 6.45) is 4.80. The molecule has 0 aromatic carbocycles. The molecule has 0 aromatic rings. The van der Waals surface area contributed by atoms with E-state index in [4.69, 9.17) is 9.16 Å². The van der Waals surface area contributed by atoms with Gasteiger partial charge in [-0.2, -0.15) is 0 Å². The zero-order valence-corrected chi connectivity index (χ0v) is 25.4. The largest absolute Gasteiger partial charge is 0.457 e. The molecule has 7 heteroatoms. The van der Waals surface area contributed by atoms with E-state index in [1.165, 1.54) is 0 Å². The number of hydrogen-bond acceptors (Lipinski definition) is 5. The molecule has 0 bridgehead atoms. The topological polar surface area (TPSA) is 72.8 Å². The van der Waals surface area contributed by atoms with E-state index in [9.17, 15) is 14.7 Å². The number of fused-ring (bicyclic) bond motifs is 4. The van der Waals surface area contributed by atoms with Gasteiger partial charge in [0.05, 0.1) is 13.7 Å². The number of hydrogen-bond donors (Lipinski definition) is 1. The van der Waals surface area contributed by atoms with Crippen molar-refractivity contribution in [3.05, 3.63) is 22.4 Å². The van der Waals surface area contributed by atoms with Gasteiger partial charge in [0.25, 0.3) is 0 Å². The van der Waals surface area contributed by atoms with Crippen molar-refractivity contribution in [2.24, 2.45) is 11.3 Å². The molecule has 1 saturated carbocycles. The van der Waals surface area contributed by atoms with E-state index in [0.29, 0.717) is 19.3 Å². The summed E-state index contributed by atoms with van der Waals surface area (Å²) >= 11 is 0. The number of allylic oxidation sites excluding steroid dienone is 2. The summed E-state index contributed by atoms with van der Waals surface area (Å²) in [7, 11) is -4.16. The lowest BCUT2D eigenvalue weighted by Crippen LogP contribution is -2.58. The van der Waals surface area contributed by atoms with Gasteiger partial charge in [0.15, 0.2) is 19.7 Å². The zero-order chi connectivity index (χ0) is 26.2. The van der Waals surface area contributed by atoms with E-state index in [0.717, 1.165) is 40.9 Å². The minimum absolute atomic E-state index is 0.180. The van der Waals surface area contributed by atoms with E-state index in [-0.39, 0.29) is 29.5 Å². The fourth-order valence-corrected chi connectivity index (χ4v) is 12.8. The van der Waals surface area contributed by atoms with E-state index < -0.39 is 33.2 Å². The molecule has 4 aliphatic rings. The first-order valence-corrected chi connectivity index (χ1v) is 19.7. The van der Waals surface area contributed by atoms with Gasteiger partial charge < -0.3 is 14.3 Å². The Morgan fingerprint density at radius 1 is 1.06 bits per heavy atom. The quantitative estimate of drug-likeness (QED) is 0.340. The standard InChI is InChI=1S/C28H46O5Si2/c1-10-35(11-2,12-3)33-28-18-27(31)16-15-26(6)17-20(29)23(34(7,8)9)22(26)19(27)13-14-21(28)25(4,5)32-24(28)30/h13,21,31H,10-12,14-18H2,1-9H3/t21-,26+,27-,28+/m0/s1. The second-order valence-electron chi connectivity index (χ2n) is 13.5. The number of cyclic esters (lactones) is 1. The number of aliphatic hydroxyl groups is 1. The summed E-state index contributed by atoms with van der Waals surface area (Å²) in [4.78, 5) is 27.1. The number of esters is 1. The highest BCUT2D eigenvalue weighted by atomic mass is 28.4. The predicted molar refractivity (Wildman–Crippen MR) is 144 cm³/mol. The number of carbonyl (C=O) groups is 2. The third-order valence-corrected chi connectivity index (χ3v) is 16.5. The van der Waals surface area contributed by atoms with Crippen LogP contribution >= 0.6 is 0 Å². The molecule has 1 aliphatic heterocycles. The minimum atomic E-state index is -2.21. The van der Waals surface area contributed by atoms with Crippen LogP contribution in [0.1, 0.15) is 73.6 Å². The van der Waals surface area contributed by atoms with Crippen LogP contribution in [0.25, 0.3) is 0 Å². The van der Waals surface area contributed by atoms with Crippen molar-refractivity contribution in [2.45, 2.75) is 128 Å². The number of rotatable bonds is 6. The SMILES string of the molecule is CC[Si](CC)(CC)O[C@]12C[C@@]3(O)CC[C@]4(C)CC(=O)C([Si](C)(C)C)=C4C3=CC[C@H]1C(C)(C)OC2=O. The Morgan fingerprint density at radius 3 is 2.20 bits per heavy atom. The molecule has 0 amide bonds. The first kappa shape index (κ1) is 27.0. The normalized spacial score (nSPS) is 36.9. The zero-order valence-electron chi connectivity index (χ0n) is 23.4. The predicted octanol–water partition coefficient (Wildman–Crippen LogP) is 6.10. The van der Waals surface area contributed by atoms with Gasteiger partial charge in [-0.1, -0.05) is 53.4 Å². The molecule has 2 fully saturated rings. The average molecular weight is 519 g/mol. The van der Waals surface area contributed by atoms with Crippen LogP contribution < -0.4 is 0 Å². The molecule has 5 nitrogen and oxygen atoms in total. The Kier molecular flexibility index (Phi) is 6.36. The number of Topliss-reactive ketones (excluding diaryl/α,β-unsaturated/α-hetero) is 1. The Labute approximate surface area is 213 Å². The van der Waals surface area contributed by atoms with Gasteiger partial charge in [-0.05, 0) is 67.6 Å². The molecule has 35 heavy (non-hydrogen) atoms. The third kappa shape index (κ3) is 3.91. The van der Waals surface area contributed by atoms with Crippen molar-refractivity contribution in [3.63, 3.8) is 0 Å². The molecule has 1 saturated heterocycles. The molecule has 4 rings (SSSR count). The van der Waals surface area contributed by atoms with Crippen LogP contribution in [0.3, 0.4) is 0 Å². The van der Waals surface area contributed by atoms with Gasteiger partial charge in [0.2, 0.25) is 0 Å². The van der Waals surface area contributed by atoms with Crippen molar-refractivity contribution < 1.29 is 23.9 Å². The van der Waals surface area contributed by atoms with Crippen molar-refractivity contribution >= 4 is 28.1 Å². The Hall–Kier alpha value is -1.03. The van der Waals surface area contributed by atoms with Gasteiger partial charge in [-0.3, -0.25) is 4.79 Å². The number of carbonyl (C=O) groups excluding carboxylic acids is 2. The summed E-state index contributed by atoms with van der Waals surface area (Å²) in [6, 6.07) is 2.79. The first-order chi connectivity index (χ1) is 16.0. The summed E-state index contributed by atoms with van der Waals surface area (Å²) in [5.41, 5.74) is -1.26. The van der Waals surface area contributed by atoms with Crippen molar-refractivity contribution in [2.75, 3.05) is 0 Å². The van der Waals surface area contributed by atoms with Crippen molar-refractivity contribution in [1.82, 2.24) is 0 Å². The van der Waals surface area contributed by atoms with Crippen molar-refractivity contribution in [1.29, 1.82) is 0 Å². The molecular formula is C28H46O5Si2. The third-order valence-electron chi connectivity index (χ3n) is 9.84. The van der Waals surface area contributed by atoms with Gasteiger partial charge in [-0.25, -0.2) is 4.79 Å². The maximum absolute atomic E-state index is 13.8. The second kappa shape index (κ2) is 8.24. The summed E-state index contributed by atoms with van der Waals surface area (Å²) in [5, 5.41) is 13.4. The van der Waals surface area contributed by atoms with Crippen LogP contribution in [0.2, 0.25) is 37.8 Å². The molecule has 0 unspecified atom stereocenters. The molecule has 3 aliphatic carbocycles. The lowest BCUT2D eigenvalue weighted by molar-refractivity contribution is -0.160. The smallest absolute Gasteiger partial charge is 0.338 e. The van der Waals surface area contributed by atoms with Crippen LogP contribution in [0.5, 0.6) is 0 Å². The fourth-order valence-electron chi connectivity index (χ4n) is 7.71. The monoisotopic (exact) mass is 518 g/mol. The van der Waals surface area contributed by atoms with Crippen molar-refractivity contribution in [3.8, 4) is 0 Å². The fraction of sp³-hybridized carbons (Fsp3) is 0.786. The molecular weight excluding hydrogens is 472 g/mol. The van der Waals surface area contributed by atoms with E-state index >= 15 is 0 Å². The lowest BCUT2D eigenvalue weighted by Gasteiger charge is -2.48. The van der Waals surface area contributed by atoms with Crippen LogP contribution in [0.4, 0.5) is 0 Å². The van der Waals surface area contributed by atoms with Gasteiger partial charge in [0.1, 0.15) is 5.60 Å². The maximum Gasteiger partial charge on any atom is 0.338 e. The Bertz CT molecular complexity index is 993. The van der Waals surface area contributed by atoms with E-state index in [2.05, 4.69) is 53.4 Å². The maximum atomic E-state index is 13.8. The highest BCUT2D eigenvalue weighted by molar-refractivity contribution is 6.87. The summed E-state index contributed by atoms with van der Waals surface area (Å²) in [6.45, 7) is 19.4. The molecule has 0 aromatic heterocycles. The second-order valence-corrected chi connectivity index (χ2v) is 23.2. The van der Waals surface area contributed by atoms with Crippen LogP contribution in [0, 0.1) is 11.3 Å². The summed E-state index contributed by atoms with van der Waals surface area (Å²) < 4.78 is 13.1. The Balaban J connectivity index is 1.92. The van der Waals surface area contributed by atoms with E-state index in [1.54, 1.807) is 0 Å². The molecule has 4 atom stereocenters. The average Bonchev–Trinajstić information content (AvgIpc) is 3.05. The Morgan fingerprint density at radius 2 is 1.66 bits per heavy atom. The van der Waals surface area contributed by atoms with E-state index in [1.807, 2.05) is 13.8 Å². The molecule has 1 heterocycles. The summed E-state index contributed by atoms with van der Waals surface area (Å²) in [5.74, 6) is -0.227. The molecule has 0 spiro atoms.